The van der Waals surface area contributed by atoms with Crippen molar-refractivity contribution in [2.75, 3.05) is 7.11 Å². The average molecular weight is 582 g/mol. The molecule has 1 atom stereocenters. The van der Waals surface area contributed by atoms with Crippen molar-refractivity contribution in [3.05, 3.63) is 101 Å². The third-order valence-corrected chi connectivity index (χ3v) is 7.84. The molecule has 224 valence electrons. The first kappa shape index (κ1) is 31.3. The Labute approximate surface area is 253 Å². The average Bonchev–Trinajstić information content (AvgIpc) is 3.04. The van der Waals surface area contributed by atoms with Gasteiger partial charge in [0.1, 0.15) is 18.4 Å². The molecule has 4 rings (SSSR count). The van der Waals surface area contributed by atoms with Gasteiger partial charge in [-0.1, -0.05) is 54.6 Å². The Morgan fingerprint density at radius 2 is 1.53 bits per heavy atom. The number of rotatable bonds is 13. The van der Waals surface area contributed by atoms with Crippen molar-refractivity contribution in [3.8, 4) is 11.8 Å². The number of ether oxygens (including phenoxy) is 2. The van der Waals surface area contributed by atoms with Gasteiger partial charge < -0.3 is 20.1 Å². The van der Waals surface area contributed by atoms with Gasteiger partial charge in [0.2, 0.25) is 11.8 Å². The minimum Gasteiger partial charge on any atom is -0.489 e. The molecule has 0 bridgehead atoms. The van der Waals surface area contributed by atoms with Crippen LogP contribution >= 0.6 is 0 Å². The van der Waals surface area contributed by atoms with E-state index in [4.69, 9.17) is 14.7 Å². The van der Waals surface area contributed by atoms with E-state index in [-0.39, 0.29) is 23.8 Å². The molecule has 0 unspecified atom stereocenters. The number of hydrogen-bond donors (Lipinski definition) is 2. The summed E-state index contributed by atoms with van der Waals surface area (Å²) in [6, 6.07) is 26.1. The third-order valence-electron chi connectivity index (χ3n) is 7.84. The first-order chi connectivity index (χ1) is 20.9. The van der Waals surface area contributed by atoms with Crippen LogP contribution in [0, 0.1) is 17.2 Å². The van der Waals surface area contributed by atoms with Gasteiger partial charge in [-0.25, -0.2) is 4.79 Å². The van der Waals surface area contributed by atoms with Crippen molar-refractivity contribution in [3.63, 3.8) is 0 Å². The van der Waals surface area contributed by atoms with Gasteiger partial charge in [0, 0.05) is 25.3 Å². The molecule has 0 spiro atoms. The molecule has 1 saturated carbocycles. The molecule has 2 N–H and O–H groups in total. The molecule has 0 aromatic heterocycles. The summed E-state index contributed by atoms with van der Waals surface area (Å²) in [6.45, 7) is 0.467. The Bertz CT molecular complexity index is 1380. The second-order valence-corrected chi connectivity index (χ2v) is 11.1. The molecule has 0 aliphatic heterocycles. The summed E-state index contributed by atoms with van der Waals surface area (Å²) in [7, 11) is 1.32. The van der Waals surface area contributed by atoms with E-state index >= 15 is 0 Å². The number of hydrogen-bond acceptors (Lipinski definition) is 6. The highest BCUT2D eigenvalue weighted by Gasteiger charge is 2.27. The fraction of sp³-hybridized carbons (Fsp3) is 0.371. The maximum absolute atomic E-state index is 12.9. The zero-order valence-corrected chi connectivity index (χ0v) is 24.6. The van der Waals surface area contributed by atoms with Crippen LogP contribution in [0.2, 0.25) is 0 Å². The van der Waals surface area contributed by atoms with Crippen molar-refractivity contribution in [2.24, 2.45) is 5.92 Å². The predicted molar refractivity (Wildman–Crippen MR) is 163 cm³/mol. The second-order valence-electron chi connectivity index (χ2n) is 11.1. The highest BCUT2D eigenvalue weighted by molar-refractivity contribution is 5.84. The summed E-state index contributed by atoms with van der Waals surface area (Å²) in [5.74, 6) is 0.288. The first-order valence-electron chi connectivity index (χ1n) is 14.8. The molecule has 1 fully saturated rings. The van der Waals surface area contributed by atoms with Crippen molar-refractivity contribution >= 4 is 17.8 Å². The van der Waals surface area contributed by atoms with E-state index in [2.05, 4.69) is 16.7 Å². The molecule has 0 radical (unpaired) electrons. The fourth-order valence-corrected chi connectivity index (χ4v) is 5.36. The summed E-state index contributed by atoms with van der Waals surface area (Å²) in [6.07, 6.45) is 4.98. The van der Waals surface area contributed by atoms with Crippen molar-refractivity contribution in [2.45, 2.75) is 70.1 Å². The number of carbonyl (C=O) groups is 3. The van der Waals surface area contributed by atoms with E-state index in [9.17, 15) is 14.4 Å². The van der Waals surface area contributed by atoms with Gasteiger partial charge in [0.25, 0.3) is 0 Å². The predicted octanol–water partition coefficient (Wildman–Crippen LogP) is 5.04. The quantitative estimate of drug-likeness (QED) is 0.273. The van der Waals surface area contributed by atoms with E-state index in [0.717, 1.165) is 48.1 Å². The van der Waals surface area contributed by atoms with E-state index in [1.165, 1.54) is 7.11 Å². The highest BCUT2D eigenvalue weighted by Crippen LogP contribution is 2.27. The molecular weight excluding hydrogens is 542 g/mol. The van der Waals surface area contributed by atoms with Crippen LogP contribution in [-0.4, -0.2) is 37.0 Å². The summed E-state index contributed by atoms with van der Waals surface area (Å²) in [5, 5.41) is 14.9. The van der Waals surface area contributed by atoms with Gasteiger partial charge in [-0.05, 0) is 79.0 Å². The van der Waals surface area contributed by atoms with Crippen molar-refractivity contribution in [1.29, 1.82) is 5.26 Å². The lowest BCUT2D eigenvalue weighted by molar-refractivity contribution is -0.145. The van der Waals surface area contributed by atoms with E-state index < -0.39 is 12.0 Å². The normalized spacial score (nSPS) is 16.7. The van der Waals surface area contributed by atoms with Crippen LogP contribution in [-0.2, 0) is 38.6 Å². The number of benzene rings is 3. The monoisotopic (exact) mass is 581 g/mol. The molecule has 8 nitrogen and oxygen atoms in total. The topological polar surface area (TPSA) is 118 Å². The highest BCUT2D eigenvalue weighted by atomic mass is 16.5. The number of methoxy groups -OCH3 is 1. The minimum atomic E-state index is -0.777. The maximum Gasteiger partial charge on any atom is 0.328 e. The van der Waals surface area contributed by atoms with Gasteiger partial charge in [-0.2, -0.15) is 5.26 Å². The Kier molecular flexibility index (Phi) is 11.7. The van der Waals surface area contributed by atoms with Crippen LogP contribution < -0.4 is 15.4 Å². The van der Waals surface area contributed by atoms with Crippen LogP contribution in [0.3, 0.4) is 0 Å². The SMILES string of the molecule is COC(=O)[C@H](Cc1ccc(OCc2ccccc2)cc1)NC(=O)C[C@H]1CC[C@H](NC(=O)CCc2ccc(C#N)cc2)CC1. The fourth-order valence-electron chi connectivity index (χ4n) is 5.36. The Morgan fingerprint density at radius 3 is 2.19 bits per heavy atom. The number of nitrogens with zero attached hydrogens (tertiary/aromatic N) is 1. The molecule has 43 heavy (non-hydrogen) atoms. The number of nitrogens with one attached hydrogen (secondary N) is 2. The lowest BCUT2D eigenvalue weighted by Crippen LogP contribution is -2.44. The molecule has 8 heteroatoms. The van der Waals surface area contributed by atoms with E-state index in [0.29, 0.717) is 37.9 Å². The van der Waals surface area contributed by atoms with Gasteiger partial charge in [0.05, 0.1) is 18.7 Å². The smallest absolute Gasteiger partial charge is 0.328 e. The number of esters is 1. The number of aryl methyl sites for hydroxylation is 1. The van der Waals surface area contributed by atoms with E-state index in [1.807, 2.05) is 66.7 Å². The van der Waals surface area contributed by atoms with Crippen LogP contribution in [0.4, 0.5) is 0 Å². The van der Waals surface area contributed by atoms with Crippen LogP contribution in [0.15, 0.2) is 78.9 Å². The van der Waals surface area contributed by atoms with Crippen LogP contribution in [0.5, 0.6) is 5.75 Å². The lowest BCUT2D eigenvalue weighted by Gasteiger charge is -2.29. The molecule has 2 amide bonds. The second kappa shape index (κ2) is 16.1. The lowest BCUT2D eigenvalue weighted by atomic mass is 9.83. The Morgan fingerprint density at radius 1 is 0.860 bits per heavy atom. The summed E-state index contributed by atoms with van der Waals surface area (Å²) in [5.41, 5.74) is 3.60. The van der Waals surface area contributed by atoms with Gasteiger partial charge in [-0.3, -0.25) is 9.59 Å². The Hall–Kier alpha value is -4.64. The zero-order chi connectivity index (χ0) is 30.4. The molecule has 0 saturated heterocycles. The molecule has 1 aliphatic rings. The number of carbonyl (C=O) groups excluding carboxylic acids is 3. The molecule has 0 heterocycles. The standard InChI is InChI=1S/C35H39N3O5/c1-42-35(41)32(21-26-13-18-31(19-14-26)43-24-29-5-3-2-4-6-29)38-34(40)22-27-11-16-30(17-12-27)37-33(39)20-15-25-7-9-28(23-36)10-8-25/h2-10,13-14,18-19,27,30,32H,11-12,15-17,20-22,24H2,1H3,(H,37,39)(H,38,40)/t27-,30-,32-/m0/s1. The summed E-state index contributed by atoms with van der Waals surface area (Å²) >= 11 is 0. The molecule has 3 aromatic carbocycles. The summed E-state index contributed by atoms with van der Waals surface area (Å²) in [4.78, 5) is 37.8. The van der Waals surface area contributed by atoms with E-state index in [1.54, 1.807) is 12.1 Å². The minimum absolute atomic E-state index is 0.0160. The number of amides is 2. The van der Waals surface area contributed by atoms with Crippen LogP contribution in [0.25, 0.3) is 0 Å². The Balaban J connectivity index is 1.17. The number of nitriles is 1. The molecule has 3 aromatic rings. The van der Waals surface area contributed by atoms with Gasteiger partial charge >= 0.3 is 5.97 Å². The van der Waals surface area contributed by atoms with Crippen molar-refractivity contribution < 1.29 is 23.9 Å². The molecule has 1 aliphatic carbocycles. The largest absolute Gasteiger partial charge is 0.489 e. The van der Waals surface area contributed by atoms with Crippen LogP contribution in [0.1, 0.15) is 60.8 Å². The summed E-state index contributed by atoms with van der Waals surface area (Å²) < 4.78 is 10.8. The third kappa shape index (κ3) is 10.3. The zero-order valence-electron chi connectivity index (χ0n) is 24.6. The van der Waals surface area contributed by atoms with Crippen molar-refractivity contribution in [1.82, 2.24) is 10.6 Å². The first-order valence-corrected chi connectivity index (χ1v) is 14.8. The molecular formula is C35H39N3O5. The maximum atomic E-state index is 12.9. The van der Waals surface area contributed by atoms with Gasteiger partial charge in [0.15, 0.2) is 0 Å². The van der Waals surface area contributed by atoms with Gasteiger partial charge in [-0.15, -0.1) is 0 Å².